The lowest BCUT2D eigenvalue weighted by Gasteiger charge is -2.06. The molecule has 1 amide bonds. The van der Waals surface area contributed by atoms with Gasteiger partial charge in [0, 0.05) is 17.3 Å². The highest BCUT2D eigenvalue weighted by atomic mass is 19.1. The van der Waals surface area contributed by atoms with E-state index in [1.54, 1.807) is 49.4 Å². The molecule has 3 rings (SSSR count). The standard InChI is InChI=1S/C21H19FN2O5/c1-2-28-21(26)15-5-9-17(10-6-15)23-20(25)13-27-12-18-11-19(29-24-18)14-3-7-16(22)8-4-14/h3-11H,2,12-13H2,1H3,(H,23,25). The number of benzene rings is 2. The first-order chi connectivity index (χ1) is 14.0. The van der Waals surface area contributed by atoms with E-state index in [0.29, 0.717) is 34.9 Å². The van der Waals surface area contributed by atoms with E-state index in [4.69, 9.17) is 14.0 Å². The summed E-state index contributed by atoms with van der Waals surface area (Å²) in [6, 6.07) is 13.9. The second-order valence-electron chi connectivity index (χ2n) is 6.03. The first-order valence-electron chi connectivity index (χ1n) is 8.91. The van der Waals surface area contributed by atoms with E-state index in [1.165, 1.54) is 12.1 Å². The molecule has 1 heterocycles. The molecule has 0 aliphatic carbocycles. The summed E-state index contributed by atoms with van der Waals surface area (Å²) >= 11 is 0. The molecule has 8 heteroatoms. The van der Waals surface area contributed by atoms with Crippen LogP contribution in [-0.4, -0.2) is 30.2 Å². The van der Waals surface area contributed by atoms with E-state index in [9.17, 15) is 14.0 Å². The second-order valence-corrected chi connectivity index (χ2v) is 6.03. The number of esters is 1. The summed E-state index contributed by atoms with van der Waals surface area (Å²) in [5, 5.41) is 6.54. The van der Waals surface area contributed by atoms with Crippen LogP contribution in [0.15, 0.2) is 59.1 Å². The predicted octanol–water partition coefficient (Wildman–Crippen LogP) is 3.81. The number of nitrogens with zero attached hydrogens (tertiary/aromatic N) is 1. The molecule has 0 fully saturated rings. The number of rotatable bonds is 8. The van der Waals surface area contributed by atoms with E-state index >= 15 is 0 Å². The third-order valence-electron chi connectivity index (χ3n) is 3.85. The molecule has 0 saturated carbocycles. The molecule has 150 valence electrons. The smallest absolute Gasteiger partial charge is 0.338 e. The minimum atomic E-state index is -0.415. The fourth-order valence-corrected chi connectivity index (χ4v) is 2.48. The fourth-order valence-electron chi connectivity index (χ4n) is 2.48. The Kier molecular flexibility index (Phi) is 6.70. The summed E-state index contributed by atoms with van der Waals surface area (Å²) in [4.78, 5) is 23.6. The molecule has 3 aromatic rings. The zero-order valence-corrected chi connectivity index (χ0v) is 15.7. The van der Waals surface area contributed by atoms with Gasteiger partial charge in [-0.25, -0.2) is 9.18 Å². The van der Waals surface area contributed by atoms with Gasteiger partial charge < -0.3 is 19.3 Å². The van der Waals surface area contributed by atoms with Crippen LogP contribution in [0.5, 0.6) is 0 Å². The van der Waals surface area contributed by atoms with Crippen LogP contribution in [0.4, 0.5) is 10.1 Å². The van der Waals surface area contributed by atoms with Crippen molar-refractivity contribution in [1.29, 1.82) is 0 Å². The third kappa shape index (κ3) is 5.73. The van der Waals surface area contributed by atoms with E-state index in [1.807, 2.05) is 0 Å². The van der Waals surface area contributed by atoms with Gasteiger partial charge in [0.2, 0.25) is 5.91 Å². The zero-order chi connectivity index (χ0) is 20.6. The Hall–Kier alpha value is -3.52. The molecule has 7 nitrogen and oxygen atoms in total. The highest BCUT2D eigenvalue weighted by Gasteiger charge is 2.10. The summed E-state index contributed by atoms with van der Waals surface area (Å²) in [5.74, 6) is -0.620. The maximum absolute atomic E-state index is 13.0. The summed E-state index contributed by atoms with van der Waals surface area (Å²) < 4.78 is 28.4. The number of carbonyl (C=O) groups is 2. The van der Waals surface area contributed by atoms with Gasteiger partial charge in [0.05, 0.1) is 18.8 Å². The fraction of sp³-hybridized carbons (Fsp3) is 0.190. The number of amides is 1. The van der Waals surface area contributed by atoms with Crippen molar-refractivity contribution in [2.45, 2.75) is 13.5 Å². The molecule has 0 radical (unpaired) electrons. The molecule has 0 atom stereocenters. The van der Waals surface area contributed by atoms with E-state index in [2.05, 4.69) is 10.5 Å². The Morgan fingerprint density at radius 3 is 2.52 bits per heavy atom. The average Bonchev–Trinajstić information content (AvgIpc) is 3.18. The summed E-state index contributed by atoms with van der Waals surface area (Å²) in [6.45, 7) is 1.93. The number of halogens is 1. The van der Waals surface area contributed by atoms with Gasteiger partial charge in [-0.1, -0.05) is 5.16 Å². The van der Waals surface area contributed by atoms with Gasteiger partial charge in [-0.15, -0.1) is 0 Å². The number of aromatic nitrogens is 1. The lowest BCUT2D eigenvalue weighted by atomic mass is 10.1. The van der Waals surface area contributed by atoms with Crippen LogP contribution in [0.2, 0.25) is 0 Å². The van der Waals surface area contributed by atoms with Gasteiger partial charge >= 0.3 is 5.97 Å². The van der Waals surface area contributed by atoms with Crippen molar-refractivity contribution in [3.05, 3.63) is 71.7 Å². The van der Waals surface area contributed by atoms with Crippen molar-refractivity contribution < 1.29 is 28.0 Å². The van der Waals surface area contributed by atoms with Crippen molar-refractivity contribution in [2.75, 3.05) is 18.5 Å². The first kappa shape index (κ1) is 20.2. The van der Waals surface area contributed by atoms with E-state index in [0.717, 1.165) is 0 Å². The second kappa shape index (κ2) is 9.61. The Bertz CT molecular complexity index is 967. The average molecular weight is 398 g/mol. The molecule has 0 spiro atoms. The van der Waals surface area contributed by atoms with Crippen LogP contribution in [-0.2, 0) is 20.9 Å². The van der Waals surface area contributed by atoms with Gasteiger partial charge in [-0.05, 0) is 55.5 Å². The largest absolute Gasteiger partial charge is 0.462 e. The van der Waals surface area contributed by atoms with Crippen LogP contribution in [0.25, 0.3) is 11.3 Å². The Balaban J connectivity index is 1.45. The maximum atomic E-state index is 13.0. The highest BCUT2D eigenvalue weighted by Crippen LogP contribution is 2.20. The predicted molar refractivity (Wildman–Crippen MR) is 103 cm³/mol. The molecule has 1 N–H and O–H groups in total. The molecular weight excluding hydrogens is 379 g/mol. The third-order valence-corrected chi connectivity index (χ3v) is 3.85. The van der Waals surface area contributed by atoms with Crippen molar-refractivity contribution in [3.63, 3.8) is 0 Å². The van der Waals surface area contributed by atoms with Crippen molar-refractivity contribution in [3.8, 4) is 11.3 Å². The van der Waals surface area contributed by atoms with Gasteiger partial charge in [0.1, 0.15) is 18.1 Å². The molecule has 1 aromatic heterocycles. The monoisotopic (exact) mass is 398 g/mol. The van der Waals surface area contributed by atoms with Crippen LogP contribution >= 0.6 is 0 Å². The van der Waals surface area contributed by atoms with Gasteiger partial charge in [-0.3, -0.25) is 4.79 Å². The number of carbonyl (C=O) groups excluding carboxylic acids is 2. The Morgan fingerprint density at radius 1 is 1.10 bits per heavy atom. The van der Waals surface area contributed by atoms with Crippen molar-refractivity contribution in [1.82, 2.24) is 5.16 Å². The number of hydrogen-bond donors (Lipinski definition) is 1. The minimum Gasteiger partial charge on any atom is -0.462 e. The summed E-state index contributed by atoms with van der Waals surface area (Å²) in [7, 11) is 0. The van der Waals surface area contributed by atoms with Crippen LogP contribution < -0.4 is 5.32 Å². The number of nitrogens with one attached hydrogen (secondary N) is 1. The van der Waals surface area contributed by atoms with Crippen molar-refractivity contribution in [2.24, 2.45) is 0 Å². The Labute approximate surface area is 166 Å². The van der Waals surface area contributed by atoms with Crippen LogP contribution in [0.1, 0.15) is 23.0 Å². The molecule has 2 aromatic carbocycles. The molecule has 0 aliphatic heterocycles. The molecule has 0 bridgehead atoms. The van der Waals surface area contributed by atoms with Gasteiger partial charge in [0.25, 0.3) is 0 Å². The Morgan fingerprint density at radius 2 is 1.83 bits per heavy atom. The molecular formula is C21H19FN2O5. The molecule has 0 aliphatic rings. The zero-order valence-electron chi connectivity index (χ0n) is 15.7. The van der Waals surface area contributed by atoms with Crippen LogP contribution in [0.3, 0.4) is 0 Å². The summed E-state index contributed by atoms with van der Waals surface area (Å²) in [6.07, 6.45) is 0. The topological polar surface area (TPSA) is 90.7 Å². The van der Waals surface area contributed by atoms with Crippen LogP contribution in [0, 0.1) is 5.82 Å². The summed E-state index contributed by atoms with van der Waals surface area (Å²) in [5.41, 5.74) is 2.14. The number of anilines is 1. The van der Waals surface area contributed by atoms with E-state index in [-0.39, 0.29) is 24.9 Å². The quantitative estimate of drug-likeness (QED) is 0.580. The number of hydrogen-bond acceptors (Lipinski definition) is 6. The van der Waals surface area contributed by atoms with E-state index < -0.39 is 5.97 Å². The number of ether oxygens (including phenoxy) is 2. The highest BCUT2D eigenvalue weighted by molar-refractivity contribution is 5.93. The van der Waals surface area contributed by atoms with Crippen molar-refractivity contribution >= 4 is 17.6 Å². The molecule has 29 heavy (non-hydrogen) atoms. The SMILES string of the molecule is CCOC(=O)c1ccc(NC(=O)COCc2cc(-c3ccc(F)cc3)on2)cc1. The lowest BCUT2D eigenvalue weighted by molar-refractivity contribution is -0.121. The lowest BCUT2D eigenvalue weighted by Crippen LogP contribution is -2.18. The molecule has 0 saturated heterocycles. The van der Waals surface area contributed by atoms with Gasteiger partial charge in [0.15, 0.2) is 5.76 Å². The maximum Gasteiger partial charge on any atom is 0.338 e. The van der Waals surface area contributed by atoms with Gasteiger partial charge in [-0.2, -0.15) is 0 Å². The minimum absolute atomic E-state index is 0.0832. The normalized spacial score (nSPS) is 10.6. The molecule has 0 unspecified atom stereocenters. The first-order valence-corrected chi connectivity index (χ1v) is 8.91.